The van der Waals surface area contributed by atoms with E-state index in [4.69, 9.17) is 18.5 Å². The van der Waals surface area contributed by atoms with E-state index in [0.717, 1.165) is 12.8 Å². The van der Waals surface area contributed by atoms with E-state index >= 15 is 0 Å². The summed E-state index contributed by atoms with van der Waals surface area (Å²) in [7, 11) is 1.48. The van der Waals surface area contributed by atoms with E-state index < -0.39 is 32.5 Å². The quantitative estimate of drug-likeness (QED) is 0.0310. The van der Waals surface area contributed by atoms with E-state index in [0.29, 0.717) is 17.4 Å². The van der Waals surface area contributed by atoms with Gasteiger partial charge in [-0.05, 0) is 6.42 Å². The van der Waals surface area contributed by atoms with Crippen LogP contribution in [-0.2, 0) is 32.7 Å². The van der Waals surface area contributed by atoms with Gasteiger partial charge in [-0.25, -0.2) is 4.57 Å². The Morgan fingerprint density at radius 2 is 1.02 bits per heavy atom. The molecule has 1 N–H and O–H groups in total. The van der Waals surface area contributed by atoms with Crippen LogP contribution in [0.15, 0.2) is 0 Å². The molecule has 0 aliphatic rings. The Labute approximate surface area is 283 Å². The summed E-state index contributed by atoms with van der Waals surface area (Å²) in [6, 6.07) is 0. The first-order valence-corrected chi connectivity index (χ1v) is 20.2. The lowest BCUT2D eigenvalue weighted by Crippen LogP contribution is -2.37. The summed E-state index contributed by atoms with van der Waals surface area (Å²) in [5.74, 6) is -0.981. The Kier molecular flexibility index (Phi) is 29.4. The van der Waals surface area contributed by atoms with Crippen LogP contribution in [0.3, 0.4) is 0 Å². The van der Waals surface area contributed by atoms with E-state index in [2.05, 4.69) is 6.92 Å². The number of hydrogen-bond acceptors (Lipinski definition) is 7. The van der Waals surface area contributed by atoms with Gasteiger partial charge in [0.1, 0.15) is 19.8 Å². The molecule has 0 fully saturated rings. The van der Waals surface area contributed by atoms with Crippen molar-refractivity contribution < 1.29 is 42.1 Å². The summed E-state index contributed by atoms with van der Waals surface area (Å²) in [6.07, 6.45) is 29.5. The van der Waals surface area contributed by atoms with Gasteiger partial charge in [0, 0.05) is 13.3 Å². The largest absolute Gasteiger partial charge is 0.472 e. The predicted molar refractivity (Wildman–Crippen MR) is 188 cm³/mol. The summed E-state index contributed by atoms with van der Waals surface area (Å²) in [5.41, 5.74) is 0. The minimum Gasteiger partial charge on any atom is -0.462 e. The van der Waals surface area contributed by atoms with Crippen molar-refractivity contribution in [3.05, 3.63) is 0 Å². The number of phosphoric ester groups is 1. The molecule has 0 heterocycles. The van der Waals surface area contributed by atoms with Crippen LogP contribution in [-0.4, -0.2) is 74.9 Å². The maximum atomic E-state index is 12.3. The summed E-state index contributed by atoms with van der Waals surface area (Å²) in [4.78, 5) is 33.5. The molecule has 0 spiro atoms. The van der Waals surface area contributed by atoms with E-state index in [1.807, 2.05) is 21.1 Å². The highest BCUT2D eigenvalue weighted by atomic mass is 31.2. The zero-order valence-corrected chi connectivity index (χ0v) is 31.5. The van der Waals surface area contributed by atoms with Gasteiger partial charge in [-0.2, -0.15) is 0 Å². The van der Waals surface area contributed by atoms with E-state index in [1.54, 1.807) is 0 Å². The smallest absolute Gasteiger partial charge is 0.462 e. The first-order chi connectivity index (χ1) is 21.9. The van der Waals surface area contributed by atoms with Gasteiger partial charge in [0.15, 0.2) is 6.10 Å². The fraction of sp³-hybridized carbons (Fsp3) is 0.944. The second kappa shape index (κ2) is 30.1. The van der Waals surface area contributed by atoms with Crippen molar-refractivity contribution in [1.29, 1.82) is 0 Å². The fourth-order valence-corrected chi connectivity index (χ4v) is 6.01. The molecule has 46 heavy (non-hydrogen) atoms. The zero-order chi connectivity index (χ0) is 34.4. The minimum absolute atomic E-state index is 0.0330. The van der Waals surface area contributed by atoms with Crippen LogP contribution >= 0.6 is 7.82 Å². The Bertz CT molecular complexity index is 774. The highest BCUT2D eigenvalue weighted by molar-refractivity contribution is 7.47. The molecule has 2 atom stereocenters. The molecule has 0 saturated heterocycles. The van der Waals surface area contributed by atoms with Gasteiger partial charge in [-0.3, -0.25) is 18.6 Å². The fourth-order valence-electron chi connectivity index (χ4n) is 5.27. The molecule has 0 amide bonds. The number of phosphoric acid groups is 1. The molecule has 0 aromatic carbocycles. The van der Waals surface area contributed by atoms with Gasteiger partial charge in [0.05, 0.1) is 27.7 Å². The maximum Gasteiger partial charge on any atom is 0.472 e. The van der Waals surface area contributed by atoms with Gasteiger partial charge < -0.3 is 18.9 Å². The van der Waals surface area contributed by atoms with Crippen molar-refractivity contribution in [1.82, 2.24) is 0 Å². The van der Waals surface area contributed by atoms with Gasteiger partial charge in [-0.15, -0.1) is 0 Å². The molecule has 0 aromatic heterocycles. The molecule has 0 aliphatic carbocycles. The van der Waals surface area contributed by atoms with Gasteiger partial charge in [-0.1, -0.05) is 148 Å². The number of unbranched alkanes of at least 4 members (excludes halogenated alkanes) is 22. The first kappa shape index (κ1) is 45.0. The number of nitrogens with zero attached hydrogens (tertiary/aromatic N) is 1. The Balaban J connectivity index is 3.72. The average molecular weight is 679 g/mol. The molecule has 0 aliphatic heterocycles. The number of esters is 2. The lowest BCUT2D eigenvalue weighted by Gasteiger charge is -2.24. The number of likely N-dealkylation sites (N-methyl/N-ethyl adjacent to an activating group) is 1. The first-order valence-electron chi connectivity index (χ1n) is 18.7. The second-order valence-electron chi connectivity index (χ2n) is 14.1. The molecule has 9 nitrogen and oxygen atoms in total. The molecule has 0 radical (unpaired) electrons. The summed E-state index contributed by atoms with van der Waals surface area (Å²) in [5, 5.41) is 0. The monoisotopic (exact) mass is 679 g/mol. The van der Waals surface area contributed by atoms with E-state index in [1.165, 1.54) is 135 Å². The standard InChI is InChI=1S/C36H72NO8P/c1-6-7-8-9-10-11-12-13-14-15-16-17-18-19-20-21-22-23-24-25-26-27-28-29-36(39)45-35(32-42-34(2)38)33-44-46(40,41)43-31-30-37(3,4)5/h35H,6-33H2,1-5H3/p+1. The molecule has 0 aromatic rings. The number of quaternary nitrogens is 1. The normalized spacial score (nSPS) is 13.8. The molecular weight excluding hydrogens is 605 g/mol. The van der Waals surface area contributed by atoms with Crippen LogP contribution in [0, 0.1) is 0 Å². The Morgan fingerprint density at radius 1 is 0.630 bits per heavy atom. The zero-order valence-electron chi connectivity index (χ0n) is 30.6. The van der Waals surface area contributed by atoms with Crippen LogP contribution in [0.5, 0.6) is 0 Å². The SMILES string of the molecule is CCCCCCCCCCCCCCCCCCCCCCCCCC(=O)OC(COC(C)=O)COP(=O)(O)OCC[N+](C)(C)C. The third-order valence-electron chi connectivity index (χ3n) is 8.20. The van der Waals surface area contributed by atoms with Crippen LogP contribution in [0.25, 0.3) is 0 Å². The number of hydrogen-bond donors (Lipinski definition) is 1. The third-order valence-corrected chi connectivity index (χ3v) is 9.18. The molecule has 274 valence electrons. The van der Waals surface area contributed by atoms with Crippen molar-refractivity contribution in [2.75, 3.05) is 47.5 Å². The molecule has 0 saturated carbocycles. The van der Waals surface area contributed by atoms with E-state index in [-0.39, 0.29) is 19.6 Å². The summed E-state index contributed by atoms with van der Waals surface area (Å²) in [6.45, 7) is 3.41. The predicted octanol–water partition coefficient (Wildman–Crippen LogP) is 9.68. The van der Waals surface area contributed by atoms with Gasteiger partial charge >= 0.3 is 19.8 Å². The second-order valence-corrected chi connectivity index (χ2v) is 15.5. The number of rotatable bonds is 34. The topological polar surface area (TPSA) is 108 Å². The van der Waals surface area contributed by atoms with Gasteiger partial charge in [0.25, 0.3) is 0 Å². The van der Waals surface area contributed by atoms with E-state index in [9.17, 15) is 19.0 Å². The lowest BCUT2D eigenvalue weighted by atomic mass is 10.0. The van der Waals surface area contributed by atoms with Crippen molar-refractivity contribution in [3.63, 3.8) is 0 Å². The highest BCUT2D eigenvalue weighted by Crippen LogP contribution is 2.43. The highest BCUT2D eigenvalue weighted by Gasteiger charge is 2.26. The third kappa shape index (κ3) is 34.3. The van der Waals surface area contributed by atoms with Crippen molar-refractivity contribution in [2.45, 2.75) is 174 Å². The van der Waals surface area contributed by atoms with Crippen molar-refractivity contribution >= 4 is 19.8 Å². The van der Waals surface area contributed by atoms with Crippen LogP contribution < -0.4 is 0 Å². The summed E-state index contributed by atoms with van der Waals surface area (Å²) >= 11 is 0. The molecule has 2 unspecified atom stereocenters. The van der Waals surface area contributed by atoms with Gasteiger partial charge in [0.2, 0.25) is 0 Å². The molecule has 10 heteroatoms. The number of ether oxygens (including phenoxy) is 2. The molecule has 0 rings (SSSR count). The number of carbonyl (C=O) groups excluding carboxylic acids is 2. The minimum atomic E-state index is -4.33. The number of carbonyl (C=O) groups is 2. The van der Waals surface area contributed by atoms with Crippen LogP contribution in [0.1, 0.15) is 168 Å². The molecule has 0 bridgehead atoms. The molecular formula is C36H73NO8P+. The van der Waals surface area contributed by atoms with Crippen LogP contribution in [0.2, 0.25) is 0 Å². The average Bonchev–Trinajstić information content (AvgIpc) is 2.98. The Hall–Kier alpha value is -0.990. The Morgan fingerprint density at radius 3 is 1.39 bits per heavy atom. The van der Waals surface area contributed by atoms with Crippen LogP contribution in [0.4, 0.5) is 0 Å². The van der Waals surface area contributed by atoms with Crippen molar-refractivity contribution in [3.8, 4) is 0 Å². The maximum absolute atomic E-state index is 12.3. The lowest BCUT2D eigenvalue weighted by molar-refractivity contribution is -0.870. The summed E-state index contributed by atoms with van der Waals surface area (Å²) < 4.78 is 33.0. The van der Waals surface area contributed by atoms with Crippen molar-refractivity contribution in [2.24, 2.45) is 0 Å².